The molecule has 2 atom stereocenters. The number of rotatable bonds is 5. The molecule has 0 spiro atoms. The van der Waals surface area contributed by atoms with Crippen molar-refractivity contribution in [1.82, 2.24) is 4.90 Å². The molecule has 1 heterocycles. The van der Waals surface area contributed by atoms with E-state index in [0.717, 1.165) is 12.0 Å². The first-order valence-electron chi connectivity index (χ1n) is 7.41. The van der Waals surface area contributed by atoms with Crippen LogP contribution < -0.4 is 0 Å². The number of carbonyl (C=O) groups excluding carboxylic acids is 1. The lowest BCUT2D eigenvalue weighted by Gasteiger charge is -2.31. The average Bonchev–Trinajstić information content (AvgIpc) is 2.82. The Morgan fingerprint density at radius 1 is 1.29 bits per heavy atom. The van der Waals surface area contributed by atoms with Gasteiger partial charge in [-0.25, -0.2) is 18.0 Å². The van der Waals surface area contributed by atoms with E-state index in [9.17, 15) is 23.1 Å². The van der Waals surface area contributed by atoms with E-state index in [2.05, 4.69) is 4.74 Å². The topological polar surface area (TPSA) is 101 Å². The van der Waals surface area contributed by atoms with E-state index < -0.39 is 33.9 Å². The molecule has 1 aromatic rings. The molecule has 1 aliphatic heterocycles. The summed E-state index contributed by atoms with van der Waals surface area (Å²) >= 11 is 0. The van der Waals surface area contributed by atoms with Crippen molar-refractivity contribution in [2.24, 2.45) is 5.92 Å². The molecule has 0 saturated carbocycles. The maximum atomic E-state index is 12.8. The van der Waals surface area contributed by atoms with Crippen LogP contribution in [0.15, 0.2) is 34.2 Å². The molecule has 2 rings (SSSR count). The van der Waals surface area contributed by atoms with Gasteiger partial charge < -0.3 is 9.84 Å². The van der Waals surface area contributed by atoms with Crippen LogP contribution in [0.5, 0.6) is 0 Å². The van der Waals surface area contributed by atoms with Crippen molar-refractivity contribution in [2.75, 3.05) is 7.11 Å². The minimum absolute atomic E-state index is 0.0437. The Kier molecular flexibility index (Phi) is 4.98. The van der Waals surface area contributed by atoms with E-state index in [4.69, 9.17) is 0 Å². The minimum Gasteiger partial charge on any atom is -0.480 e. The summed E-state index contributed by atoms with van der Waals surface area (Å²) in [5.74, 6) is -1.76. The van der Waals surface area contributed by atoms with E-state index >= 15 is 0 Å². The van der Waals surface area contributed by atoms with E-state index in [0.29, 0.717) is 12.0 Å². The number of nitrogens with zero attached hydrogens (tertiary/aromatic N) is 1. The van der Waals surface area contributed by atoms with Gasteiger partial charge >= 0.3 is 12.1 Å². The molecular formula is C16H19NO6S. The van der Waals surface area contributed by atoms with Crippen molar-refractivity contribution in [2.45, 2.75) is 31.2 Å². The molecule has 130 valence electrons. The summed E-state index contributed by atoms with van der Waals surface area (Å²) in [7, 11) is -2.91. The minimum atomic E-state index is -4.00. The van der Waals surface area contributed by atoms with Gasteiger partial charge in [0.15, 0.2) is 0 Å². The number of hydrogen-bond acceptors (Lipinski definition) is 5. The highest BCUT2D eigenvalue weighted by atomic mass is 32.2. The number of amides is 1. The van der Waals surface area contributed by atoms with Gasteiger partial charge in [-0.1, -0.05) is 38.5 Å². The van der Waals surface area contributed by atoms with Crippen molar-refractivity contribution in [1.29, 1.82) is 0 Å². The van der Waals surface area contributed by atoms with Crippen molar-refractivity contribution >= 4 is 28.0 Å². The summed E-state index contributed by atoms with van der Waals surface area (Å²) < 4.78 is 30.2. The Morgan fingerprint density at radius 3 is 2.42 bits per heavy atom. The number of carboxylic acid groups (broad SMARTS) is 1. The zero-order valence-electron chi connectivity index (χ0n) is 13.6. The number of aliphatic carboxylic acids is 1. The van der Waals surface area contributed by atoms with Gasteiger partial charge in [0.25, 0.3) is 0 Å². The summed E-state index contributed by atoms with van der Waals surface area (Å²) in [5.41, 5.74) is 0.412. The molecule has 8 heteroatoms. The molecule has 1 N–H and O–H groups in total. The first kappa shape index (κ1) is 18.0. The molecular weight excluding hydrogens is 334 g/mol. The second-order valence-electron chi connectivity index (χ2n) is 5.53. The van der Waals surface area contributed by atoms with E-state index in [1.165, 1.54) is 12.1 Å². The zero-order chi connectivity index (χ0) is 18.1. The fourth-order valence-electron chi connectivity index (χ4n) is 2.64. The SMILES string of the molecule is CC[C@H](C)[C@@H](C(=O)O)N(C(=O)OC)C1=Cc2ccccc2S1(=O)=O. The monoisotopic (exact) mass is 353 g/mol. The van der Waals surface area contributed by atoms with Crippen LogP contribution in [-0.4, -0.2) is 43.6 Å². The van der Waals surface area contributed by atoms with Gasteiger partial charge in [-0.05, 0) is 23.6 Å². The zero-order valence-corrected chi connectivity index (χ0v) is 14.4. The third-order valence-corrected chi connectivity index (χ3v) is 5.90. The lowest BCUT2D eigenvalue weighted by molar-refractivity contribution is -0.143. The molecule has 0 aromatic heterocycles. The molecule has 0 unspecified atom stereocenters. The van der Waals surface area contributed by atoms with Crippen LogP contribution in [0.25, 0.3) is 6.08 Å². The Bertz CT molecular complexity index is 799. The number of methoxy groups -OCH3 is 1. The normalized spacial score (nSPS) is 17.4. The summed E-state index contributed by atoms with van der Waals surface area (Å²) in [4.78, 5) is 24.7. The fraction of sp³-hybridized carbons (Fsp3) is 0.375. The van der Waals surface area contributed by atoms with Crippen LogP contribution in [-0.2, 0) is 19.4 Å². The maximum Gasteiger partial charge on any atom is 0.415 e. The number of carboxylic acids is 1. The lowest BCUT2D eigenvalue weighted by atomic mass is 9.98. The fourth-order valence-corrected chi connectivity index (χ4v) is 4.29. The third-order valence-electron chi connectivity index (χ3n) is 4.09. The van der Waals surface area contributed by atoms with E-state index in [1.54, 1.807) is 32.0 Å². The van der Waals surface area contributed by atoms with Crippen LogP contribution >= 0.6 is 0 Å². The molecule has 1 aromatic carbocycles. The maximum absolute atomic E-state index is 12.8. The van der Waals surface area contributed by atoms with Gasteiger partial charge in [0.05, 0.1) is 12.0 Å². The summed E-state index contributed by atoms with van der Waals surface area (Å²) in [5, 5.41) is 9.19. The Hall–Kier alpha value is -2.35. The second-order valence-corrected chi connectivity index (χ2v) is 7.40. The van der Waals surface area contributed by atoms with Crippen molar-refractivity contribution in [3.63, 3.8) is 0 Å². The van der Waals surface area contributed by atoms with Crippen LogP contribution in [0.1, 0.15) is 25.8 Å². The van der Waals surface area contributed by atoms with Crippen LogP contribution in [0.3, 0.4) is 0 Å². The number of hydrogen-bond donors (Lipinski definition) is 1. The predicted octanol–water partition coefficient (Wildman–Crippen LogP) is 2.34. The standard InChI is InChI=1S/C16H19NO6S/c1-4-10(2)14(15(18)19)17(16(20)23-3)13-9-11-7-5-6-8-12(11)24(13,21)22/h5-10,14H,4H2,1-3H3,(H,18,19)/t10-,14-/m0/s1. The van der Waals surface area contributed by atoms with Gasteiger partial charge in [0.1, 0.15) is 11.1 Å². The molecule has 0 bridgehead atoms. The van der Waals surface area contributed by atoms with Crippen molar-refractivity contribution in [3.8, 4) is 0 Å². The highest BCUT2D eigenvalue weighted by Gasteiger charge is 2.44. The van der Waals surface area contributed by atoms with Crippen LogP contribution in [0.4, 0.5) is 4.79 Å². The van der Waals surface area contributed by atoms with E-state index in [-0.39, 0.29) is 9.92 Å². The number of fused-ring (bicyclic) bond motifs is 1. The predicted molar refractivity (Wildman–Crippen MR) is 86.7 cm³/mol. The smallest absolute Gasteiger partial charge is 0.415 e. The Balaban J connectivity index is 2.63. The highest BCUT2D eigenvalue weighted by Crippen LogP contribution is 2.37. The highest BCUT2D eigenvalue weighted by molar-refractivity contribution is 7.95. The Morgan fingerprint density at radius 2 is 1.92 bits per heavy atom. The molecule has 0 saturated heterocycles. The largest absolute Gasteiger partial charge is 0.480 e. The molecule has 1 amide bonds. The second kappa shape index (κ2) is 6.64. The van der Waals surface area contributed by atoms with Gasteiger partial charge in [0, 0.05) is 0 Å². The van der Waals surface area contributed by atoms with Crippen molar-refractivity contribution < 1.29 is 27.9 Å². The third kappa shape index (κ3) is 2.89. The molecule has 0 radical (unpaired) electrons. The molecule has 0 aliphatic carbocycles. The van der Waals surface area contributed by atoms with Gasteiger partial charge in [-0.15, -0.1) is 0 Å². The molecule has 24 heavy (non-hydrogen) atoms. The van der Waals surface area contributed by atoms with Crippen molar-refractivity contribution in [3.05, 3.63) is 34.9 Å². The number of sulfone groups is 1. The number of carbonyl (C=O) groups is 2. The van der Waals surface area contributed by atoms with Gasteiger partial charge in [0.2, 0.25) is 9.84 Å². The number of benzene rings is 1. The lowest BCUT2D eigenvalue weighted by Crippen LogP contribution is -2.49. The van der Waals surface area contributed by atoms with E-state index in [1.807, 2.05) is 0 Å². The van der Waals surface area contributed by atoms with Crippen LogP contribution in [0.2, 0.25) is 0 Å². The molecule has 0 fully saturated rings. The molecule has 7 nitrogen and oxygen atoms in total. The summed E-state index contributed by atoms with van der Waals surface area (Å²) in [6.45, 7) is 3.41. The quantitative estimate of drug-likeness (QED) is 0.872. The van der Waals surface area contributed by atoms with Gasteiger partial charge in [-0.3, -0.25) is 4.90 Å². The first-order valence-corrected chi connectivity index (χ1v) is 8.89. The summed E-state index contributed by atoms with van der Waals surface area (Å²) in [6, 6.07) is 4.90. The number of ether oxygens (including phenoxy) is 1. The van der Waals surface area contributed by atoms with Crippen LogP contribution in [0, 0.1) is 5.92 Å². The Labute approximate surface area is 140 Å². The first-order chi connectivity index (χ1) is 11.3. The summed E-state index contributed by atoms with van der Waals surface area (Å²) in [6.07, 6.45) is 0.732. The molecule has 1 aliphatic rings. The average molecular weight is 353 g/mol. The van der Waals surface area contributed by atoms with Gasteiger partial charge in [-0.2, -0.15) is 0 Å².